The van der Waals surface area contributed by atoms with Gasteiger partial charge in [0.15, 0.2) is 5.82 Å². The number of hydrogen-bond acceptors (Lipinski definition) is 3. The zero-order valence-electron chi connectivity index (χ0n) is 11.5. The Morgan fingerprint density at radius 2 is 2.05 bits per heavy atom. The fourth-order valence-corrected chi connectivity index (χ4v) is 2.19. The van der Waals surface area contributed by atoms with Crippen molar-refractivity contribution in [3.05, 3.63) is 58.5 Å². The second kappa shape index (κ2) is 6.41. The van der Waals surface area contributed by atoms with Crippen molar-refractivity contribution in [1.29, 1.82) is 0 Å². The molecule has 1 heterocycles. The lowest BCUT2D eigenvalue weighted by atomic mass is 10.2. The molecule has 21 heavy (non-hydrogen) atoms. The van der Waals surface area contributed by atoms with E-state index in [0.29, 0.717) is 23.2 Å². The minimum Gasteiger partial charge on any atom is -0.471 e. The molecule has 0 bridgehead atoms. The molecule has 1 aliphatic carbocycles. The fourth-order valence-electron chi connectivity index (χ4n) is 2.00. The highest BCUT2D eigenvalue weighted by molar-refractivity contribution is 6.31. The standard InChI is InChI=1S/C16H16ClFN2O/c17-14-4-2-1-3-12(14)10-21-16-15(18)11(7-8-19-16)9-20-13-5-6-13/h1-4,7-8,13,20H,5-6,9-10H2. The van der Waals surface area contributed by atoms with Crippen LogP contribution < -0.4 is 10.1 Å². The Morgan fingerprint density at radius 1 is 1.24 bits per heavy atom. The topological polar surface area (TPSA) is 34.2 Å². The van der Waals surface area contributed by atoms with Crippen molar-refractivity contribution in [1.82, 2.24) is 10.3 Å². The molecule has 0 radical (unpaired) electrons. The number of nitrogens with zero attached hydrogens (tertiary/aromatic N) is 1. The van der Waals surface area contributed by atoms with Crippen molar-refractivity contribution >= 4 is 11.6 Å². The van der Waals surface area contributed by atoms with Crippen LogP contribution in [0.15, 0.2) is 36.5 Å². The van der Waals surface area contributed by atoms with Gasteiger partial charge in [0.2, 0.25) is 0 Å². The van der Waals surface area contributed by atoms with Crippen molar-refractivity contribution in [2.24, 2.45) is 0 Å². The highest BCUT2D eigenvalue weighted by atomic mass is 35.5. The summed E-state index contributed by atoms with van der Waals surface area (Å²) in [5.74, 6) is -0.386. The molecule has 5 heteroatoms. The number of pyridine rings is 1. The van der Waals surface area contributed by atoms with Gasteiger partial charge >= 0.3 is 0 Å². The quantitative estimate of drug-likeness (QED) is 0.883. The molecule has 0 spiro atoms. The summed E-state index contributed by atoms with van der Waals surface area (Å²) in [6, 6.07) is 9.54. The van der Waals surface area contributed by atoms with Crippen LogP contribution in [-0.4, -0.2) is 11.0 Å². The van der Waals surface area contributed by atoms with Crippen LogP contribution in [-0.2, 0) is 13.2 Å². The summed E-state index contributed by atoms with van der Waals surface area (Å²) in [4.78, 5) is 3.96. The van der Waals surface area contributed by atoms with Crippen molar-refractivity contribution in [2.75, 3.05) is 0 Å². The molecule has 3 nitrogen and oxygen atoms in total. The molecule has 0 unspecified atom stereocenters. The van der Waals surface area contributed by atoms with E-state index in [9.17, 15) is 4.39 Å². The van der Waals surface area contributed by atoms with Crippen molar-refractivity contribution in [2.45, 2.75) is 32.0 Å². The summed E-state index contributed by atoms with van der Waals surface area (Å²) in [5.41, 5.74) is 1.38. The molecular formula is C16H16ClFN2O. The van der Waals surface area contributed by atoms with Crippen LogP contribution in [0.3, 0.4) is 0 Å². The Labute approximate surface area is 128 Å². The lowest BCUT2D eigenvalue weighted by Gasteiger charge is -2.10. The van der Waals surface area contributed by atoms with Crippen LogP contribution in [0.25, 0.3) is 0 Å². The summed E-state index contributed by atoms with van der Waals surface area (Å²) in [7, 11) is 0. The Morgan fingerprint density at radius 3 is 2.81 bits per heavy atom. The third-order valence-corrected chi connectivity index (χ3v) is 3.79. The molecule has 0 atom stereocenters. The number of rotatable bonds is 6. The predicted octanol–water partition coefficient (Wildman–Crippen LogP) is 3.71. The average molecular weight is 307 g/mol. The normalized spacial score (nSPS) is 14.2. The van der Waals surface area contributed by atoms with Gasteiger partial charge in [0.1, 0.15) is 6.61 Å². The molecule has 1 N–H and O–H groups in total. The van der Waals surface area contributed by atoms with Crippen LogP contribution in [0.5, 0.6) is 5.88 Å². The number of benzene rings is 1. The number of nitrogens with one attached hydrogen (secondary N) is 1. The molecular weight excluding hydrogens is 291 g/mol. The first-order valence-electron chi connectivity index (χ1n) is 6.97. The van der Waals surface area contributed by atoms with E-state index in [0.717, 1.165) is 5.56 Å². The van der Waals surface area contributed by atoms with Gasteiger partial charge in [-0.25, -0.2) is 9.37 Å². The summed E-state index contributed by atoms with van der Waals surface area (Å²) < 4.78 is 19.8. The molecule has 0 amide bonds. The maximum Gasteiger partial charge on any atom is 0.251 e. The maximum absolute atomic E-state index is 14.3. The van der Waals surface area contributed by atoms with E-state index >= 15 is 0 Å². The first-order chi connectivity index (χ1) is 10.2. The first-order valence-corrected chi connectivity index (χ1v) is 7.35. The van der Waals surface area contributed by atoms with Gasteiger partial charge in [0.25, 0.3) is 5.88 Å². The van der Waals surface area contributed by atoms with Crippen LogP contribution in [0.4, 0.5) is 4.39 Å². The lowest BCUT2D eigenvalue weighted by molar-refractivity contribution is 0.276. The molecule has 1 aromatic carbocycles. The molecule has 1 aromatic heterocycles. The van der Waals surface area contributed by atoms with Gasteiger partial charge in [0, 0.05) is 34.9 Å². The second-order valence-corrected chi connectivity index (χ2v) is 5.53. The third-order valence-electron chi connectivity index (χ3n) is 3.42. The van der Waals surface area contributed by atoms with Gasteiger partial charge in [-0.05, 0) is 25.0 Å². The van der Waals surface area contributed by atoms with Gasteiger partial charge < -0.3 is 10.1 Å². The highest BCUT2D eigenvalue weighted by Crippen LogP contribution is 2.23. The largest absolute Gasteiger partial charge is 0.471 e. The summed E-state index contributed by atoms with van der Waals surface area (Å²) in [5, 5.41) is 3.88. The van der Waals surface area contributed by atoms with Crippen molar-refractivity contribution < 1.29 is 9.13 Å². The third kappa shape index (κ3) is 3.71. The Balaban J connectivity index is 1.67. The Bertz CT molecular complexity index is 631. The van der Waals surface area contributed by atoms with E-state index in [-0.39, 0.29) is 12.5 Å². The van der Waals surface area contributed by atoms with Gasteiger partial charge in [-0.1, -0.05) is 29.8 Å². The zero-order chi connectivity index (χ0) is 14.7. The number of halogens is 2. The van der Waals surface area contributed by atoms with E-state index < -0.39 is 5.82 Å². The molecule has 1 aliphatic rings. The van der Waals surface area contributed by atoms with Crippen molar-refractivity contribution in [3.63, 3.8) is 0 Å². The van der Waals surface area contributed by atoms with Crippen LogP contribution in [0, 0.1) is 5.82 Å². The van der Waals surface area contributed by atoms with Crippen molar-refractivity contribution in [3.8, 4) is 5.88 Å². The second-order valence-electron chi connectivity index (χ2n) is 5.12. The molecule has 2 aromatic rings. The fraction of sp³-hybridized carbons (Fsp3) is 0.312. The first kappa shape index (κ1) is 14.3. The smallest absolute Gasteiger partial charge is 0.251 e. The van der Waals surface area contributed by atoms with Gasteiger partial charge in [-0.15, -0.1) is 0 Å². The monoisotopic (exact) mass is 306 g/mol. The maximum atomic E-state index is 14.3. The SMILES string of the molecule is Fc1c(CNC2CC2)ccnc1OCc1ccccc1Cl. The number of hydrogen-bond donors (Lipinski definition) is 1. The van der Waals surface area contributed by atoms with E-state index in [4.69, 9.17) is 16.3 Å². The minimum atomic E-state index is -0.405. The number of aromatic nitrogens is 1. The average Bonchev–Trinajstić information content (AvgIpc) is 3.31. The Kier molecular flexibility index (Phi) is 4.36. The molecule has 1 fully saturated rings. The molecule has 0 saturated heterocycles. The van der Waals surface area contributed by atoms with Gasteiger partial charge in [-0.3, -0.25) is 0 Å². The summed E-state index contributed by atoms with van der Waals surface area (Å²) >= 11 is 6.05. The number of ether oxygens (including phenoxy) is 1. The van der Waals surface area contributed by atoms with E-state index in [2.05, 4.69) is 10.3 Å². The lowest BCUT2D eigenvalue weighted by Crippen LogP contribution is -2.16. The van der Waals surface area contributed by atoms with E-state index in [1.807, 2.05) is 18.2 Å². The highest BCUT2D eigenvalue weighted by Gasteiger charge is 2.21. The summed E-state index contributed by atoms with van der Waals surface area (Å²) in [6.45, 7) is 0.699. The van der Waals surface area contributed by atoms with E-state index in [1.54, 1.807) is 18.3 Å². The Hall–Kier alpha value is -1.65. The zero-order valence-corrected chi connectivity index (χ0v) is 12.2. The van der Waals surface area contributed by atoms with Gasteiger partial charge in [0.05, 0.1) is 0 Å². The van der Waals surface area contributed by atoms with Crippen LogP contribution >= 0.6 is 11.6 Å². The predicted molar refractivity (Wildman–Crippen MR) is 79.8 cm³/mol. The minimum absolute atomic E-state index is 0.0185. The van der Waals surface area contributed by atoms with E-state index in [1.165, 1.54) is 12.8 Å². The van der Waals surface area contributed by atoms with Crippen LogP contribution in [0.2, 0.25) is 5.02 Å². The molecule has 3 rings (SSSR count). The van der Waals surface area contributed by atoms with Gasteiger partial charge in [-0.2, -0.15) is 0 Å². The van der Waals surface area contributed by atoms with Crippen LogP contribution in [0.1, 0.15) is 24.0 Å². The molecule has 0 aliphatic heterocycles. The molecule has 1 saturated carbocycles. The molecule has 110 valence electrons. The summed E-state index contributed by atoms with van der Waals surface area (Å²) in [6.07, 6.45) is 3.90.